The lowest BCUT2D eigenvalue weighted by Gasteiger charge is -2.22. The fraction of sp³-hybridized carbons (Fsp3) is 0.529. The molecule has 23 heavy (non-hydrogen) atoms. The molecule has 0 radical (unpaired) electrons. The molecule has 1 aliphatic rings. The molecule has 1 saturated heterocycles. The first-order valence-electron chi connectivity index (χ1n) is 8.05. The summed E-state index contributed by atoms with van der Waals surface area (Å²) in [4.78, 5) is 27.0. The van der Waals surface area contributed by atoms with E-state index in [4.69, 9.17) is 5.11 Å². The van der Waals surface area contributed by atoms with Crippen LogP contribution in [0.5, 0.6) is 0 Å². The number of unbranched alkanes of at least 4 members (excludes halogenated alkanes) is 1. The predicted octanol–water partition coefficient (Wildman–Crippen LogP) is 2.23. The Morgan fingerprint density at radius 1 is 1.04 bits per heavy atom. The van der Waals surface area contributed by atoms with Crippen LogP contribution in [-0.4, -0.2) is 59.5 Å². The van der Waals surface area contributed by atoms with Gasteiger partial charge in [-0.2, -0.15) is 0 Å². The Kier molecular flexibility index (Phi) is 6.52. The molecule has 1 heterocycles. The monoisotopic (exact) mass is 322 g/mol. The van der Waals surface area contributed by atoms with Gasteiger partial charge in [0.1, 0.15) is 5.82 Å². The Morgan fingerprint density at radius 3 is 2.48 bits per heavy atom. The van der Waals surface area contributed by atoms with Gasteiger partial charge in [0.2, 0.25) is 0 Å². The van der Waals surface area contributed by atoms with Crippen molar-refractivity contribution in [3.8, 4) is 0 Å². The van der Waals surface area contributed by atoms with E-state index in [1.807, 2.05) is 4.90 Å². The zero-order chi connectivity index (χ0) is 16.7. The fourth-order valence-electron chi connectivity index (χ4n) is 2.78. The van der Waals surface area contributed by atoms with Gasteiger partial charge in [0, 0.05) is 31.6 Å². The van der Waals surface area contributed by atoms with E-state index in [-0.39, 0.29) is 18.1 Å². The van der Waals surface area contributed by atoms with Gasteiger partial charge in [0.15, 0.2) is 0 Å². The second-order valence-electron chi connectivity index (χ2n) is 5.85. The van der Waals surface area contributed by atoms with Crippen molar-refractivity contribution >= 4 is 11.9 Å². The highest BCUT2D eigenvalue weighted by Gasteiger charge is 2.20. The van der Waals surface area contributed by atoms with Crippen molar-refractivity contribution in [2.75, 3.05) is 32.7 Å². The molecule has 0 unspecified atom stereocenters. The third-order valence-corrected chi connectivity index (χ3v) is 4.08. The van der Waals surface area contributed by atoms with Crippen LogP contribution < -0.4 is 0 Å². The smallest absolute Gasteiger partial charge is 0.303 e. The molecule has 1 amide bonds. The molecule has 0 saturated carbocycles. The molecule has 0 aromatic heterocycles. The largest absolute Gasteiger partial charge is 0.481 e. The number of amides is 1. The van der Waals surface area contributed by atoms with E-state index >= 15 is 0 Å². The van der Waals surface area contributed by atoms with Gasteiger partial charge in [-0.25, -0.2) is 4.39 Å². The maximum atomic E-state index is 12.9. The second kappa shape index (κ2) is 8.62. The summed E-state index contributed by atoms with van der Waals surface area (Å²) in [7, 11) is 0. The standard InChI is InChI=1S/C17H23FN2O3/c18-15-7-5-14(6-8-15)17(23)20-11-3-10-19(12-13-20)9-2-1-4-16(21)22/h5-8H,1-4,9-13H2,(H,21,22). The Hall–Kier alpha value is -1.95. The summed E-state index contributed by atoms with van der Waals surface area (Å²) in [6.07, 6.45) is 2.65. The number of halogens is 1. The van der Waals surface area contributed by atoms with Crippen molar-refractivity contribution < 1.29 is 19.1 Å². The molecule has 6 heteroatoms. The summed E-state index contributed by atoms with van der Waals surface area (Å²) < 4.78 is 12.9. The first-order valence-corrected chi connectivity index (χ1v) is 8.05. The first kappa shape index (κ1) is 17.4. The summed E-state index contributed by atoms with van der Waals surface area (Å²) in [6.45, 7) is 3.92. The highest BCUT2D eigenvalue weighted by Crippen LogP contribution is 2.11. The summed E-state index contributed by atoms with van der Waals surface area (Å²) in [5.41, 5.74) is 0.515. The minimum absolute atomic E-state index is 0.0577. The third-order valence-electron chi connectivity index (χ3n) is 4.08. The van der Waals surface area contributed by atoms with Crippen LogP contribution in [0.2, 0.25) is 0 Å². The van der Waals surface area contributed by atoms with Crippen LogP contribution in [0.4, 0.5) is 4.39 Å². The van der Waals surface area contributed by atoms with E-state index < -0.39 is 5.97 Å². The van der Waals surface area contributed by atoms with Crippen LogP contribution in [0.25, 0.3) is 0 Å². The molecule has 1 fully saturated rings. The number of benzene rings is 1. The Morgan fingerprint density at radius 2 is 1.78 bits per heavy atom. The van der Waals surface area contributed by atoms with Crippen molar-refractivity contribution in [3.63, 3.8) is 0 Å². The van der Waals surface area contributed by atoms with Crippen LogP contribution in [0.1, 0.15) is 36.0 Å². The molecule has 0 aliphatic carbocycles. The van der Waals surface area contributed by atoms with Crippen molar-refractivity contribution in [2.24, 2.45) is 0 Å². The first-order chi connectivity index (χ1) is 11.1. The highest BCUT2D eigenvalue weighted by molar-refractivity contribution is 5.94. The van der Waals surface area contributed by atoms with Gasteiger partial charge in [-0.1, -0.05) is 0 Å². The molecular weight excluding hydrogens is 299 g/mol. The Bertz CT molecular complexity index is 533. The lowest BCUT2D eigenvalue weighted by Crippen LogP contribution is -2.35. The van der Waals surface area contributed by atoms with E-state index in [1.165, 1.54) is 24.3 Å². The highest BCUT2D eigenvalue weighted by atomic mass is 19.1. The van der Waals surface area contributed by atoms with Crippen molar-refractivity contribution in [1.29, 1.82) is 0 Å². The van der Waals surface area contributed by atoms with Crippen molar-refractivity contribution in [3.05, 3.63) is 35.6 Å². The van der Waals surface area contributed by atoms with Gasteiger partial charge in [0.25, 0.3) is 5.91 Å². The molecular formula is C17H23FN2O3. The van der Waals surface area contributed by atoms with Crippen molar-refractivity contribution in [2.45, 2.75) is 25.7 Å². The van der Waals surface area contributed by atoms with Gasteiger partial charge in [-0.15, -0.1) is 0 Å². The third kappa shape index (κ3) is 5.63. The normalized spacial score (nSPS) is 16.1. The van der Waals surface area contributed by atoms with Crippen LogP contribution in [0, 0.1) is 5.82 Å². The molecule has 0 bridgehead atoms. The van der Waals surface area contributed by atoms with Gasteiger partial charge >= 0.3 is 5.97 Å². The van der Waals surface area contributed by atoms with E-state index in [0.29, 0.717) is 25.1 Å². The molecule has 1 aromatic rings. The van der Waals surface area contributed by atoms with Gasteiger partial charge in [0.05, 0.1) is 0 Å². The van der Waals surface area contributed by atoms with E-state index in [0.717, 1.165) is 32.5 Å². The molecule has 0 spiro atoms. The zero-order valence-corrected chi connectivity index (χ0v) is 13.2. The van der Waals surface area contributed by atoms with E-state index in [2.05, 4.69) is 4.90 Å². The number of nitrogens with zero attached hydrogens (tertiary/aromatic N) is 2. The zero-order valence-electron chi connectivity index (χ0n) is 13.2. The average molecular weight is 322 g/mol. The lowest BCUT2D eigenvalue weighted by molar-refractivity contribution is -0.137. The SMILES string of the molecule is O=C(O)CCCCN1CCCN(C(=O)c2ccc(F)cc2)CC1. The number of rotatable bonds is 6. The van der Waals surface area contributed by atoms with Gasteiger partial charge < -0.3 is 14.9 Å². The number of carboxylic acids is 1. The molecule has 2 rings (SSSR count). The van der Waals surface area contributed by atoms with E-state index in [1.54, 1.807) is 0 Å². The quantitative estimate of drug-likeness (QED) is 0.816. The van der Waals surface area contributed by atoms with E-state index in [9.17, 15) is 14.0 Å². The van der Waals surface area contributed by atoms with Crippen molar-refractivity contribution in [1.82, 2.24) is 9.80 Å². The van der Waals surface area contributed by atoms with Crippen LogP contribution in [0.3, 0.4) is 0 Å². The minimum Gasteiger partial charge on any atom is -0.481 e. The molecule has 126 valence electrons. The average Bonchev–Trinajstić information content (AvgIpc) is 2.77. The lowest BCUT2D eigenvalue weighted by atomic mass is 10.2. The molecule has 1 aromatic carbocycles. The Balaban J connectivity index is 1.80. The minimum atomic E-state index is -0.753. The number of carboxylic acid groups (broad SMARTS) is 1. The maximum Gasteiger partial charge on any atom is 0.303 e. The van der Waals surface area contributed by atoms with Gasteiger partial charge in [-0.3, -0.25) is 9.59 Å². The Labute approximate surface area is 135 Å². The van der Waals surface area contributed by atoms with Crippen LogP contribution in [-0.2, 0) is 4.79 Å². The predicted molar refractivity (Wildman–Crippen MR) is 84.8 cm³/mol. The van der Waals surface area contributed by atoms with Gasteiger partial charge in [-0.05, 0) is 56.6 Å². The van der Waals surface area contributed by atoms with Crippen LogP contribution in [0.15, 0.2) is 24.3 Å². The number of carbonyl (C=O) groups excluding carboxylic acids is 1. The molecule has 5 nitrogen and oxygen atoms in total. The second-order valence-corrected chi connectivity index (χ2v) is 5.85. The number of hydrogen-bond donors (Lipinski definition) is 1. The summed E-state index contributed by atoms with van der Waals surface area (Å²) in [5, 5.41) is 8.64. The molecule has 1 N–H and O–H groups in total. The summed E-state index contributed by atoms with van der Waals surface area (Å²) in [6, 6.07) is 5.65. The topological polar surface area (TPSA) is 60.9 Å². The van der Waals surface area contributed by atoms with Crippen LogP contribution >= 0.6 is 0 Å². The number of aliphatic carboxylic acids is 1. The number of hydrogen-bond acceptors (Lipinski definition) is 3. The molecule has 0 atom stereocenters. The summed E-state index contributed by atoms with van der Waals surface area (Å²) in [5.74, 6) is -1.15. The fourth-order valence-corrected chi connectivity index (χ4v) is 2.78. The summed E-state index contributed by atoms with van der Waals surface area (Å²) >= 11 is 0. The maximum absolute atomic E-state index is 12.9. The number of carbonyl (C=O) groups is 2. The molecule has 1 aliphatic heterocycles.